The van der Waals surface area contributed by atoms with Crippen molar-refractivity contribution >= 4 is 5.69 Å². The number of hydrogen-bond donors (Lipinski definition) is 1. The number of anilines is 1. The Bertz CT molecular complexity index is 542. The van der Waals surface area contributed by atoms with Crippen LogP contribution < -0.4 is 10.2 Å². The second-order valence-electron chi connectivity index (χ2n) is 6.81. The van der Waals surface area contributed by atoms with Crippen LogP contribution in [0.25, 0.3) is 0 Å². The highest BCUT2D eigenvalue weighted by molar-refractivity contribution is 5.56. The number of benzene rings is 1. The highest BCUT2D eigenvalue weighted by Crippen LogP contribution is 2.41. The zero-order valence-electron chi connectivity index (χ0n) is 13.1. The molecular formula is C18H25N3. The van der Waals surface area contributed by atoms with E-state index < -0.39 is 5.54 Å². The van der Waals surface area contributed by atoms with Crippen molar-refractivity contribution in [3.05, 3.63) is 29.8 Å². The summed E-state index contributed by atoms with van der Waals surface area (Å²) < 4.78 is 0. The number of rotatable bonds is 5. The van der Waals surface area contributed by atoms with Gasteiger partial charge in [-0.25, -0.2) is 0 Å². The molecule has 112 valence electrons. The van der Waals surface area contributed by atoms with Gasteiger partial charge in [0.05, 0.1) is 6.07 Å². The predicted octanol–water partition coefficient (Wildman–Crippen LogP) is 3.11. The van der Waals surface area contributed by atoms with Gasteiger partial charge in [0.25, 0.3) is 0 Å². The number of aryl methyl sites for hydroxylation is 1. The molecule has 1 aliphatic carbocycles. The van der Waals surface area contributed by atoms with Crippen LogP contribution in [0.1, 0.15) is 38.7 Å². The van der Waals surface area contributed by atoms with Crippen LogP contribution in [-0.4, -0.2) is 24.7 Å². The number of fused-ring (bicyclic) bond motifs is 1. The fourth-order valence-corrected chi connectivity index (χ4v) is 3.62. The van der Waals surface area contributed by atoms with Gasteiger partial charge in [0.2, 0.25) is 0 Å². The highest BCUT2D eigenvalue weighted by Gasteiger charge is 2.47. The van der Waals surface area contributed by atoms with Gasteiger partial charge in [-0.2, -0.15) is 5.26 Å². The minimum absolute atomic E-state index is 0.338. The SMILES string of the molecule is CC(C)NC(C#N)(CN1CCCc2ccccc21)C1CC1. The Kier molecular flexibility index (Phi) is 3.91. The van der Waals surface area contributed by atoms with Crippen LogP contribution in [0.5, 0.6) is 0 Å². The van der Waals surface area contributed by atoms with Gasteiger partial charge >= 0.3 is 0 Å². The molecule has 1 N–H and O–H groups in total. The van der Waals surface area contributed by atoms with Gasteiger partial charge < -0.3 is 4.90 Å². The first-order valence-corrected chi connectivity index (χ1v) is 8.16. The lowest BCUT2D eigenvalue weighted by molar-refractivity contribution is 0.333. The molecule has 21 heavy (non-hydrogen) atoms. The molecule has 0 spiro atoms. The summed E-state index contributed by atoms with van der Waals surface area (Å²) in [5.74, 6) is 0.513. The minimum Gasteiger partial charge on any atom is -0.368 e. The topological polar surface area (TPSA) is 39.1 Å². The molecule has 3 rings (SSSR count). The average molecular weight is 283 g/mol. The first-order valence-electron chi connectivity index (χ1n) is 8.16. The highest BCUT2D eigenvalue weighted by atomic mass is 15.2. The number of nitriles is 1. The lowest BCUT2D eigenvalue weighted by atomic mass is 9.91. The zero-order chi connectivity index (χ0) is 14.9. The molecule has 3 heteroatoms. The third kappa shape index (κ3) is 2.91. The van der Waals surface area contributed by atoms with E-state index in [4.69, 9.17) is 0 Å². The van der Waals surface area contributed by atoms with E-state index in [0.29, 0.717) is 12.0 Å². The van der Waals surface area contributed by atoms with E-state index in [2.05, 4.69) is 54.4 Å². The molecular weight excluding hydrogens is 258 g/mol. The van der Waals surface area contributed by atoms with E-state index >= 15 is 0 Å². The summed E-state index contributed by atoms with van der Waals surface area (Å²) in [7, 11) is 0. The second kappa shape index (κ2) is 5.69. The summed E-state index contributed by atoms with van der Waals surface area (Å²) in [4.78, 5) is 2.43. The van der Waals surface area contributed by atoms with Crippen LogP contribution in [0.2, 0.25) is 0 Å². The summed E-state index contributed by atoms with van der Waals surface area (Å²) >= 11 is 0. The first-order chi connectivity index (χ1) is 10.1. The fourth-order valence-electron chi connectivity index (χ4n) is 3.62. The molecule has 1 aliphatic heterocycles. The molecule has 3 nitrogen and oxygen atoms in total. The Balaban J connectivity index is 1.85. The predicted molar refractivity (Wildman–Crippen MR) is 86.3 cm³/mol. The van der Waals surface area contributed by atoms with Crippen LogP contribution in [-0.2, 0) is 6.42 Å². The molecule has 0 bridgehead atoms. The molecule has 0 radical (unpaired) electrons. The van der Waals surface area contributed by atoms with Gasteiger partial charge in [-0.3, -0.25) is 5.32 Å². The third-order valence-corrected chi connectivity index (χ3v) is 4.67. The largest absolute Gasteiger partial charge is 0.368 e. The van der Waals surface area contributed by atoms with Crippen molar-refractivity contribution in [2.45, 2.75) is 51.1 Å². The normalized spacial score (nSPS) is 20.8. The lowest BCUT2D eigenvalue weighted by Crippen LogP contribution is -2.57. The van der Waals surface area contributed by atoms with Crippen molar-refractivity contribution in [3.8, 4) is 6.07 Å². The van der Waals surface area contributed by atoms with Crippen LogP contribution in [0.15, 0.2) is 24.3 Å². The number of nitrogens with one attached hydrogen (secondary N) is 1. The monoisotopic (exact) mass is 283 g/mol. The van der Waals surface area contributed by atoms with Gasteiger partial charge in [-0.1, -0.05) is 18.2 Å². The summed E-state index contributed by atoms with van der Waals surface area (Å²) in [5.41, 5.74) is 2.36. The van der Waals surface area contributed by atoms with Crippen molar-refractivity contribution < 1.29 is 0 Å². The molecule has 0 aromatic heterocycles. The van der Waals surface area contributed by atoms with Crippen molar-refractivity contribution in [2.24, 2.45) is 5.92 Å². The van der Waals surface area contributed by atoms with E-state index in [1.807, 2.05) is 0 Å². The second-order valence-corrected chi connectivity index (χ2v) is 6.81. The van der Waals surface area contributed by atoms with E-state index in [0.717, 1.165) is 19.5 Å². The van der Waals surface area contributed by atoms with Crippen molar-refractivity contribution in [2.75, 3.05) is 18.0 Å². The van der Waals surface area contributed by atoms with Gasteiger partial charge in [-0.05, 0) is 57.1 Å². The Hall–Kier alpha value is -1.53. The van der Waals surface area contributed by atoms with Gasteiger partial charge in [0.1, 0.15) is 5.54 Å². The van der Waals surface area contributed by atoms with Gasteiger partial charge in [0.15, 0.2) is 0 Å². The standard InChI is InChI=1S/C18H25N3/c1-14(2)20-18(12-19,16-9-10-16)13-21-11-5-7-15-6-3-4-8-17(15)21/h3-4,6,8,14,16,20H,5,7,9-11,13H2,1-2H3. The van der Waals surface area contributed by atoms with Crippen LogP contribution >= 0.6 is 0 Å². The Morgan fingerprint density at radius 2 is 2.14 bits per heavy atom. The average Bonchev–Trinajstić information content (AvgIpc) is 3.31. The lowest BCUT2D eigenvalue weighted by Gasteiger charge is -2.39. The van der Waals surface area contributed by atoms with E-state index in [1.54, 1.807) is 0 Å². The Morgan fingerprint density at radius 3 is 2.81 bits per heavy atom. The third-order valence-electron chi connectivity index (χ3n) is 4.67. The summed E-state index contributed by atoms with van der Waals surface area (Å²) in [6, 6.07) is 11.6. The number of para-hydroxylation sites is 1. The van der Waals surface area contributed by atoms with Crippen LogP contribution in [0.4, 0.5) is 5.69 Å². The maximum atomic E-state index is 9.88. The van der Waals surface area contributed by atoms with Crippen molar-refractivity contribution in [3.63, 3.8) is 0 Å². The molecule has 1 heterocycles. The van der Waals surface area contributed by atoms with Crippen LogP contribution in [0.3, 0.4) is 0 Å². The quantitative estimate of drug-likeness (QED) is 0.902. The number of hydrogen-bond acceptors (Lipinski definition) is 3. The smallest absolute Gasteiger partial charge is 0.127 e. The van der Waals surface area contributed by atoms with Crippen LogP contribution in [0, 0.1) is 17.2 Å². The minimum atomic E-state index is -0.390. The summed E-state index contributed by atoms with van der Waals surface area (Å²) in [6.07, 6.45) is 4.71. The number of nitrogens with zero attached hydrogens (tertiary/aromatic N) is 2. The maximum Gasteiger partial charge on any atom is 0.127 e. The van der Waals surface area contributed by atoms with E-state index in [9.17, 15) is 5.26 Å². The molecule has 0 amide bonds. The molecule has 1 fully saturated rings. The Morgan fingerprint density at radius 1 is 1.38 bits per heavy atom. The first kappa shape index (κ1) is 14.4. The van der Waals surface area contributed by atoms with Gasteiger partial charge in [-0.15, -0.1) is 0 Å². The zero-order valence-corrected chi connectivity index (χ0v) is 13.1. The molecule has 1 aromatic rings. The molecule has 0 saturated heterocycles. The Labute approximate surface area is 128 Å². The van der Waals surface area contributed by atoms with Crippen molar-refractivity contribution in [1.82, 2.24) is 5.32 Å². The van der Waals surface area contributed by atoms with E-state index in [1.165, 1.54) is 30.5 Å². The summed E-state index contributed by atoms with van der Waals surface area (Å²) in [5, 5.41) is 13.5. The van der Waals surface area contributed by atoms with Gasteiger partial charge in [0, 0.05) is 24.8 Å². The molecule has 2 aliphatic rings. The van der Waals surface area contributed by atoms with Crippen molar-refractivity contribution in [1.29, 1.82) is 5.26 Å². The maximum absolute atomic E-state index is 9.88. The molecule has 1 unspecified atom stereocenters. The molecule has 1 aromatic carbocycles. The van der Waals surface area contributed by atoms with E-state index in [-0.39, 0.29) is 0 Å². The fraction of sp³-hybridized carbons (Fsp3) is 0.611. The molecule has 1 atom stereocenters. The molecule has 1 saturated carbocycles. The summed E-state index contributed by atoms with van der Waals surface area (Å²) in [6.45, 7) is 6.15.